The summed E-state index contributed by atoms with van der Waals surface area (Å²) >= 11 is 0. The highest BCUT2D eigenvalue weighted by molar-refractivity contribution is 5.80. The summed E-state index contributed by atoms with van der Waals surface area (Å²) in [4.78, 5) is 12.4. The SMILES string of the molecule is Cc1ccc2oc(-c3ccc(F)c(F)c3)c(C)c(=O)c2c1. The fraction of sp³-hybridized carbons (Fsp3) is 0.118. The standard InChI is InChI=1S/C17H12F2O2/c1-9-3-6-15-12(7-9)16(20)10(2)17(21-15)11-4-5-13(18)14(19)8-11/h3-8H,1-2H3. The third-order valence-electron chi connectivity index (χ3n) is 3.45. The first-order valence-electron chi connectivity index (χ1n) is 6.47. The van der Waals surface area contributed by atoms with Crippen molar-refractivity contribution in [2.75, 3.05) is 0 Å². The molecule has 3 rings (SSSR count). The van der Waals surface area contributed by atoms with E-state index in [1.807, 2.05) is 13.0 Å². The molecule has 0 saturated carbocycles. The molecule has 1 heterocycles. The molecule has 0 aliphatic carbocycles. The van der Waals surface area contributed by atoms with Crippen molar-refractivity contribution in [2.45, 2.75) is 13.8 Å². The molecule has 3 aromatic rings. The number of benzene rings is 2. The van der Waals surface area contributed by atoms with Gasteiger partial charge in [0, 0.05) is 11.1 Å². The number of hydrogen-bond donors (Lipinski definition) is 0. The Bertz CT molecular complexity index is 911. The van der Waals surface area contributed by atoms with Crippen LogP contribution in [0.5, 0.6) is 0 Å². The Morgan fingerprint density at radius 3 is 2.43 bits per heavy atom. The van der Waals surface area contributed by atoms with E-state index in [-0.39, 0.29) is 11.2 Å². The second-order valence-electron chi connectivity index (χ2n) is 5.01. The lowest BCUT2D eigenvalue weighted by atomic mass is 10.0. The molecule has 0 amide bonds. The van der Waals surface area contributed by atoms with Crippen LogP contribution in [0.25, 0.3) is 22.3 Å². The van der Waals surface area contributed by atoms with E-state index in [1.165, 1.54) is 6.07 Å². The summed E-state index contributed by atoms with van der Waals surface area (Å²) in [5, 5.41) is 0.485. The third-order valence-corrected chi connectivity index (χ3v) is 3.45. The first-order valence-corrected chi connectivity index (χ1v) is 6.47. The lowest BCUT2D eigenvalue weighted by molar-refractivity contribution is 0.508. The summed E-state index contributed by atoms with van der Waals surface area (Å²) in [5.74, 6) is -1.65. The third kappa shape index (κ3) is 2.23. The average molecular weight is 286 g/mol. The molecular formula is C17H12F2O2. The fourth-order valence-electron chi connectivity index (χ4n) is 2.31. The summed E-state index contributed by atoms with van der Waals surface area (Å²) in [6.07, 6.45) is 0. The van der Waals surface area contributed by atoms with E-state index in [9.17, 15) is 13.6 Å². The van der Waals surface area contributed by atoms with Crippen molar-refractivity contribution in [1.82, 2.24) is 0 Å². The van der Waals surface area contributed by atoms with E-state index < -0.39 is 11.6 Å². The quantitative estimate of drug-likeness (QED) is 0.665. The summed E-state index contributed by atoms with van der Waals surface area (Å²) in [6.45, 7) is 3.50. The number of aryl methyl sites for hydroxylation is 1. The Hall–Kier alpha value is -2.49. The Morgan fingerprint density at radius 1 is 0.952 bits per heavy atom. The molecule has 0 unspecified atom stereocenters. The van der Waals surface area contributed by atoms with Crippen molar-refractivity contribution >= 4 is 11.0 Å². The van der Waals surface area contributed by atoms with Gasteiger partial charge in [0.25, 0.3) is 0 Å². The first-order chi connectivity index (χ1) is 9.97. The van der Waals surface area contributed by atoms with Crippen LogP contribution in [0, 0.1) is 25.5 Å². The Kier molecular flexibility index (Phi) is 3.09. The van der Waals surface area contributed by atoms with E-state index in [2.05, 4.69) is 0 Å². The molecule has 0 N–H and O–H groups in total. The van der Waals surface area contributed by atoms with Gasteiger partial charge < -0.3 is 4.42 Å². The van der Waals surface area contributed by atoms with Crippen LogP contribution < -0.4 is 5.43 Å². The lowest BCUT2D eigenvalue weighted by Gasteiger charge is -2.08. The van der Waals surface area contributed by atoms with Gasteiger partial charge in [-0.15, -0.1) is 0 Å². The van der Waals surface area contributed by atoms with Gasteiger partial charge in [-0.2, -0.15) is 0 Å². The highest BCUT2D eigenvalue weighted by Gasteiger charge is 2.14. The molecule has 0 atom stereocenters. The molecule has 0 aliphatic rings. The van der Waals surface area contributed by atoms with E-state index in [4.69, 9.17) is 4.42 Å². The van der Waals surface area contributed by atoms with Crippen LogP contribution in [0.4, 0.5) is 8.78 Å². The summed E-state index contributed by atoms with van der Waals surface area (Å²) < 4.78 is 32.1. The van der Waals surface area contributed by atoms with Gasteiger partial charge in [-0.05, 0) is 44.2 Å². The van der Waals surface area contributed by atoms with E-state index >= 15 is 0 Å². The normalized spacial score (nSPS) is 11.0. The maximum Gasteiger partial charge on any atom is 0.196 e. The van der Waals surface area contributed by atoms with Crippen LogP contribution in [0.2, 0.25) is 0 Å². The second-order valence-corrected chi connectivity index (χ2v) is 5.01. The zero-order valence-corrected chi connectivity index (χ0v) is 11.5. The maximum atomic E-state index is 13.4. The number of hydrogen-bond acceptors (Lipinski definition) is 2. The largest absolute Gasteiger partial charge is 0.456 e. The van der Waals surface area contributed by atoms with E-state index in [1.54, 1.807) is 19.1 Å². The van der Waals surface area contributed by atoms with Gasteiger partial charge in [0.1, 0.15) is 11.3 Å². The molecule has 1 aromatic heterocycles. The number of halogens is 2. The molecule has 0 aliphatic heterocycles. The van der Waals surface area contributed by atoms with Crippen LogP contribution in [0.15, 0.2) is 45.6 Å². The van der Waals surface area contributed by atoms with Crippen LogP contribution in [-0.2, 0) is 0 Å². The second kappa shape index (κ2) is 4.81. The zero-order chi connectivity index (χ0) is 15.1. The van der Waals surface area contributed by atoms with Crippen molar-refractivity contribution in [3.8, 4) is 11.3 Å². The monoisotopic (exact) mass is 286 g/mol. The summed E-state index contributed by atoms with van der Waals surface area (Å²) in [7, 11) is 0. The van der Waals surface area contributed by atoms with Crippen LogP contribution >= 0.6 is 0 Å². The molecule has 0 bridgehead atoms. The van der Waals surface area contributed by atoms with E-state index in [0.717, 1.165) is 17.7 Å². The van der Waals surface area contributed by atoms with Crippen molar-refractivity contribution < 1.29 is 13.2 Å². The fourth-order valence-corrected chi connectivity index (χ4v) is 2.31. The average Bonchev–Trinajstić information content (AvgIpc) is 2.46. The summed E-state index contributed by atoms with van der Waals surface area (Å²) in [5.41, 5.74) is 1.93. The topological polar surface area (TPSA) is 30.2 Å². The smallest absolute Gasteiger partial charge is 0.196 e. The van der Waals surface area contributed by atoms with Gasteiger partial charge in [0.05, 0.1) is 5.39 Å². The highest BCUT2D eigenvalue weighted by atomic mass is 19.2. The van der Waals surface area contributed by atoms with Crippen molar-refractivity contribution in [3.05, 3.63) is 69.4 Å². The zero-order valence-electron chi connectivity index (χ0n) is 11.5. The molecule has 21 heavy (non-hydrogen) atoms. The van der Waals surface area contributed by atoms with Crippen molar-refractivity contribution in [3.63, 3.8) is 0 Å². The highest BCUT2D eigenvalue weighted by Crippen LogP contribution is 2.27. The van der Waals surface area contributed by atoms with Gasteiger partial charge in [-0.25, -0.2) is 8.78 Å². The van der Waals surface area contributed by atoms with Gasteiger partial charge in [0.2, 0.25) is 0 Å². The molecule has 0 saturated heterocycles. The van der Waals surface area contributed by atoms with Crippen molar-refractivity contribution in [1.29, 1.82) is 0 Å². The van der Waals surface area contributed by atoms with Gasteiger partial charge in [-0.1, -0.05) is 11.6 Å². The predicted molar refractivity (Wildman–Crippen MR) is 77.3 cm³/mol. The van der Waals surface area contributed by atoms with Gasteiger partial charge in [-0.3, -0.25) is 4.79 Å². The predicted octanol–water partition coefficient (Wildman–Crippen LogP) is 4.36. The Balaban J connectivity index is 2.33. The lowest BCUT2D eigenvalue weighted by Crippen LogP contribution is -2.07. The minimum absolute atomic E-state index is 0.167. The molecule has 2 aromatic carbocycles. The number of fused-ring (bicyclic) bond motifs is 1. The Morgan fingerprint density at radius 2 is 1.71 bits per heavy atom. The Labute approximate surface area is 119 Å². The van der Waals surface area contributed by atoms with Crippen molar-refractivity contribution in [2.24, 2.45) is 0 Å². The number of rotatable bonds is 1. The maximum absolute atomic E-state index is 13.4. The van der Waals surface area contributed by atoms with Crippen LogP contribution in [-0.4, -0.2) is 0 Å². The summed E-state index contributed by atoms with van der Waals surface area (Å²) in [6, 6.07) is 8.72. The molecular weight excluding hydrogens is 274 g/mol. The molecule has 2 nitrogen and oxygen atoms in total. The molecule has 106 valence electrons. The van der Waals surface area contributed by atoms with Crippen LogP contribution in [0.1, 0.15) is 11.1 Å². The van der Waals surface area contributed by atoms with Gasteiger partial charge in [0.15, 0.2) is 17.1 Å². The minimum Gasteiger partial charge on any atom is -0.456 e. The molecule has 0 fully saturated rings. The molecule has 4 heteroatoms. The first kappa shape index (κ1) is 13.5. The molecule has 0 spiro atoms. The van der Waals surface area contributed by atoms with E-state index in [0.29, 0.717) is 22.1 Å². The molecule has 0 radical (unpaired) electrons. The van der Waals surface area contributed by atoms with Crippen LogP contribution in [0.3, 0.4) is 0 Å². The minimum atomic E-state index is -0.974. The van der Waals surface area contributed by atoms with Gasteiger partial charge >= 0.3 is 0 Å².